The maximum Gasteiger partial charge on any atom is 0.236 e. The van der Waals surface area contributed by atoms with E-state index in [4.69, 9.17) is 4.74 Å². The van der Waals surface area contributed by atoms with E-state index in [2.05, 4.69) is 5.32 Å². The molecule has 0 aliphatic heterocycles. The van der Waals surface area contributed by atoms with Crippen LogP contribution in [0.2, 0.25) is 0 Å². The van der Waals surface area contributed by atoms with Gasteiger partial charge in [0.15, 0.2) is 0 Å². The van der Waals surface area contributed by atoms with Crippen LogP contribution in [-0.4, -0.2) is 37.0 Å². The third-order valence-electron chi connectivity index (χ3n) is 2.80. The van der Waals surface area contributed by atoms with Crippen LogP contribution in [-0.2, 0) is 11.3 Å². The lowest BCUT2D eigenvalue weighted by atomic mass is 10.2. The van der Waals surface area contributed by atoms with Gasteiger partial charge in [0, 0.05) is 20.1 Å². The molecule has 1 aromatic rings. The maximum atomic E-state index is 11.6. The second-order valence-corrected chi connectivity index (χ2v) is 4.82. The average molecular weight is 264 g/mol. The maximum absolute atomic E-state index is 11.6. The van der Waals surface area contributed by atoms with Gasteiger partial charge in [0.25, 0.3) is 0 Å². The van der Waals surface area contributed by atoms with E-state index < -0.39 is 0 Å². The number of rotatable bonds is 7. The van der Waals surface area contributed by atoms with Crippen molar-refractivity contribution in [1.29, 1.82) is 0 Å². The summed E-state index contributed by atoms with van der Waals surface area (Å²) in [6.45, 7) is 7.77. The summed E-state index contributed by atoms with van der Waals surface area (Å²) in [7, 11) is 1.81. The number of ether oxygens (including phenoxy) is 1. The quantitative estimate of drug-likeness (QED) is 0.819. The van der Waals surface area contributed by atoms with Crippen LogP contribution in [0.25, 0.3) is 0 Å². The fourth-order valence-corrected chi connectivity index (χ4v) is 1.58. The third-order valence-corrected chi connectivity index (χ3v) is 2.80. The molecule has 0 fully saturated rings. The minimum Gasteiger partial charge on any atom is -0.491 e. The molecule has 4 nitrogen and oxygen atoms in total. The number of nitrogens with one attached hydrogen (secondary N) is 1. The largest absolute Gasteiger partial charge is 0.491 e. The second kappa shape index (κ2) is 7.79. The molecule has 0 unspecified atom stereocenters. The monoisotopic (exact) mass is 264 g/mol. The van der Waals surface area contributed by atoms with Gasteiger partial charge in [-0.1, -0.05) is 12.1 Å². The Morgan fingerprint density at radius 1 is 1.32 bits per heavy atom. The zero-order valence-corrected chi connectivity index (χ0v) is 12.3. The second-order valence-electron chi connectivity index (χ2n) is 4.82. The third kappa shape index (κ3) is 5.75. The fraction of sp³-hybridized carbons (Fsp3) is 0.533. The lowest BCUT2D eigenvalue weighted by molar-refractivity contribution is -0.128. The van der Waals surface area contributed by atoms with E-state index in [0.29, 0.717) is 13.1 Å². The van der Waals surface area contributed by atoms with E-state index in [9.17, 15) is 4.79 Å². The Kier molecular flexibility index (Phi) is 6.36. The number of benzene rings is 1. The number of carbonyl (C=O) groups is 1. The van der Waals surface area contributed by atoms with Crippen LogP contribution in [0, 0.1) is 0 Å². The number of nitrogens with zero attached hydrogens (tertiary/aromatic N) is 1. The van der Waals surface area contributed by atoms with Crippen LogP contribution in [0.3, 0.4) is 0 Å². The van der Waals surface area contributed by atoms with Crippen molar-refractivity contribution in [3.05, 3.63) is 29.8 Å². The van der Waals surface area contributed by atoms with Gasteiger partial charge in [-0.3, -0.25) is 4.79 Å². The average Bonchev–Trinajstić information content (AvgIpc) is 2.39. The minimum absolute atomic E-state index is 0.113. The number of likely N-dealkylation sites (N-methyl/N-ethyl adjacent to an activating group) is 1. The molecule has 0 aliphatic carbocycles. The molecule has 0 bridgehead atoms. The van der Waals surface area contributed by atoms with Crippen molar-refractivity contribution in [2.45, 2.75) is 33.4 Å². The lowest BCUT2D eigenvalue weighted by Gasteiger charge is -2.15. The topological polar surface area (TPSA) is 41.6 Å². The van der Waals surface area contributed by atoms with Crippen LogP contribution in [0.5, 0.6) is 5.75 Å². The number of amides is 1. The Morgan fingerprint density at radius 3 is 2.47 bits per heavy atom. The van der Waals surface area contributed by atoms with E-state index in [1.54, 1.807) is 4.90 Å². The zero-order chi connectivity index (χ0) is 14.3. The predicted octanol–water partition coefficient (Wildman–Crippen LogP) is 2.04. The Hall–Kier alpha value is -1.55. The summed E-state index contributed by atoms with van der Waals surface area (Å²) < 4.78 is 5.58. The van der Waals surface area contributed by atoms with Crippen LogP contribution in [0.4, 0.5) is 0 Å². The fourth-order valence-electron chi connectivity index (χ4n) is 1.58. The van der Waals surface area contributed by atoms with Crippen LogP contribution < -0.4 is 10.1 Å². The summed E-state index contributed by atoms with van der Waals surface area (Å²) in [6, 6.07) is 7.94. The van der Waals surface area contributed by atoms with E-state index >= 15 is 0 Å². The van der Waals surface area contributed by atoms with Crippen molar-refractivity contribution in [3.8, 4) is 5.75 Å². The Bertz CT molecular complexity index is 388. The van der Waals surface area contributed by atoms with Crippen molar-refractivity contribution in [2.75, 3.05) is 20.1 Å². The number of hydrogen-bond acceptors (Lipinski definition) is 3. The van der Waals surface area contributed by atoms with Gasteiger partial charge < -0.3 is 15.0 Å². The molecule has 0 radical (unpaired) electrons. The molecule has 1 N–H and O–H groups in total. The molecule has 1 aromatic carbocycles. The number of carbonyl (C=O) groups excluding carboxylic acids is 1. The van der Waals surface area contributed by atoms with Crippen molar-refractivity contribution in [3.63, 3.8) is 0 Å². The highest BCUT2D eigenvalue weighted by Crippen LogP contribution is 2.13. The Morgan fingerprint density at radius 2 is 1.95 bits per heavy atom. The Balaban J connectivity index is 2.36. The smallest absolute Gasteiger partial charge is 0.236 e. The molecule has 1 rings (SSSR count). The number of hydrogen-bond donors (Lipinski definition) is 1. The first kappa shape index (κ1) is 15.5. The molecule has 0 aliphatic rings. The van der Waals surface area contributed by atoms with Gasteiger partial charge in [0.1, 0.15) is 5.75 Å². The van der Waals surface area contributed by atoms with Crippen LogP contribution >= 0.6 is 0 Å². The summed E-state index contributed by atoms with van der Waals surface area (Å²) in [5.74, 6) is 0.989. The predicted molar refractivity (Wildman–Crippen MR) is 77.2 cm³/mol. The molecule has 0 atom stereocenters. The molecule has 4 heteroatoms. The molecule has 0 aromatic heterocycles. The highest BCUT2D eigenvalue weighted by Gasteiger charge is 2.05. The molecule has 106 valence electrons. The van der Waals surface area contributed by atoms with E-state index in [1.807, 2.05) is 52.1 Å². The minimum atomic E-state index is 0.113. The van der Waals surface area contributed by atoms with Crippen molar-refractivity contribution in [1.82, 2.24) is 10.2 Å². The van der Waals surface area contributed by atoms with Crippen molar-refractivity contribution >= 4 is 5.91 Å². The van der Waals surface area contributed by atoms with Crippen LogP contribution in [0.1, 0.15) is 26.3 Å². The summed E-state index contributed by atoms with van der Waals surface area (Å²) in [6.07, 6.45) is 0.186. The zero-order valence-electron chi connectivity index (χ0n) is 12.3. The first-order valence-corrected chi connectivity index (χ1v) is 6.73. The molecule has 0 spiro atoms. The molecule has 1 amide bonds. The SMILES string of the molecule is CCN(C)C(=O)CNCc1ccc(OC(C)C)cc1. The van der Waals surface area contributed by atoms with Crippen LogP contribution in [0.15, 0.2) is 24.3 Å². The molecule has 0 heterocycles. The van der Waals surface area contributed by atoms with Gasteiger partial charge in [-0.05, 0) is 38.5 Å². The van der Waals surface area contributed by atoms with Gasteiger partial charge in [-0.25, -0.2) is 0 Å². The summed E-state index contributed by atoms with van der Waals surface area (Å²) in [5, 5.41) is 3.14. The first-order valence-electron chi connectivity index (χ1n) is 6.73. The molecular weight excluding hydrogens is 240 g/mol. The van der Waals surface area contributed by atoms with Gasteiger partial charge >= 0.3 is 0 Å². The highest BCUT2D eigenvalue weighted by molar-refractivity contribution is 5.77. The molecule has 19 heavy (non-hydrogen) atoms. The van der Waals surface area contributed by atoms with Crippen molar-refractivity contribution in [2.24, 2.45) is 0 Å². The van der Waals surface area contributed by atoms with Gasteiger partial charge in [0.2, 0.25) is 5.91 Å². The normalized spacial score (nSPS) is 10.6. The summed E-state index contributed by atoms with van der Waals surface area (Å²) >= 11 is 0. The summed E-state index contributed by atoms with van der Waals surface area (Å²) in [5.41, 5.74) is 1.14. The van der Waals surface area contributed by atoms with E-state index in [1.165, 1.54) is 0 Å². The molecular formula is C15H24N2O2. The van der Waals surface area contributed by atoms with Gasteiger partial charge in [-0.2, -0.15) is 0 Å². The standard InChI is InChI=1S/C15H24N2O2/c1-5-17(4)15(18)11-16-10-13-6-8-14(9-7-13)19-12(2)3/h6-9,12,16H,5,10-11H2,1-4H3. The van der Waals surface area contributed by atoms with E-state index in [-0.39, 0.29) is 12.0 Å². The lowest BCUT2D eigenvalue weighted by Crippen LogP contribution is -2.35. The summed E-state index contributed by atoms with van der Waals surface area (Å²) in [4.78, 5) is 13.3. The molecule has 0 saturated carbocycles. The highest BCUT2D eigenvalue weighted by atomic mass is 16.5. The first-order chi connectivity index (χ1) is 9.02. The van der Waals surface area contributed by atoms with Crippen molar-refractivity contribution < 1.29 is 9.53 Å². The van der Waals surface area contributed by atoms with Gasteiger partial charge in [0.05, 0.1) is 12.6 Å². The Labute approximate surface area is 115 Å². The van der Waals surface area contributed by atoms with E-state index in [0.717, 1.165) is 17.9 Å². The van der Waals surface area contributed by atoms with Gasteiger partial charge in [-0.15, -0.1) is 0 Å². The molecule has 0 saturated heterocycles.